The fraction of sp³-hybridized carbons (Fsp3) is 0. The Morgan fingerprint density at radius 2 is 1.89 bits per heavy atom. The molecule has 0 heterocycles. The summed E-state index contributed by atoms with van der Waals surface area (Å²) >= 11 is 0. The van der Waals surface area contributed by atoms with Crippen molar-refractivity contribution in [1.29, 1.82) is 0 Å². The highest BCUT2D eigenvalue weighted by atomic mass is 16.1. The van der Waals surface area contributed by atoms with Gasteiger partial charge in [-0.05, 0) is 23.2 Å². The van der Waals surface area contributed by atoms with Crippen LogP contribution < -0.4 is 0 Å². The molecule has 0 aliphatic rings. The summed E-state index contributed by atoms with van der Waals surface area (Å²) < 4.78 is 0. The summed E-state index contributed by atoms with van der Waals surface area (Å²) in [6.07, 6.45) is 3.26. The number of nitrogens with zero attached hydrogens (tertiary/aromatic N) is 3. The highest BCUT2D eigenvalue weighted by Crippen LogP contribution is 2.15. The molecule has 92 valence electrons. The van der Waals surface area contributed by atoms with Crippen LogP contribution in [0.4, 0.5) is 5.69 Å². The average Bonchev–Trinajstić information content (AvgIpc) is 2.46. The summed E-state index contributed by atoms with van der Waals surface area (Å²) in [5, 5.41) is 3.47. The Labute approximate surface area is 110 Å². The summed E-state index contributed by atoms with van der Waals surface area (Å²) in [6.45, 7) is 0. The first kappa shape index (κ1) is 12.6. The van der Waals surface area contributed by atoms with Gasteiger partial charge in [0.25, 0.3) is 0 Å². The van der Waals surface area contributed by atoms with Crippen LogP contribution in [0.5, 0.6) is 0 Å². The van der Waals surface area contributed by atoms with E-state index in [1.165, 1.54) is 6.08 Å². The first-order valence-corrected chi connectivity index (χ1v) is 5.72. The van der Waals surface area contributed by atoms with E-state index in [1.54, 1.807) is 30.3 Å². The Kier molecular flexibility index (Phi) is 4.11. The van der Waals surface area contributed by atoms with Crippen molar-refractivity contribution < 1.29 is 4.79 Å². The highest BCUT2D eigenvalue weighted by Gasteiger charge is 2.01. The second kappa shape index (κ2) is 6.19. The number of hydrogen-bond acceptors (Lipinski definition) is 2. The van der Waals surface area contributed by atoms with Crippen molar-refractivity contribution in [2.24, 2.45) is 5.11 Å². The third-order valence-electron chi connectivity index (χ3n) is 2.52. The maximum absolute atomic E-state index is 12.0. The van der Waals surface area contributed by atoms with Gasteiger partial charge in [0, 0.05) is 16.2 Å². The molecule has 4 nitrogen and oxygen atoms in total. The van der Waals surface area contributed by atoms with Crippen molar-refractivity contribution in [3.63, 3.8) is 0 Å². The lowest BCUT2D eigenvalue weighted by atomic mass is 10.1. The molecule has 0 saturated heterocycles. The standard InChI is InChI=1S/C15H11N3O/c16-18-17-14-8-4-7-13(11-14)15(19)10-9-12-5-2-1-3-6-12/h1-11H/b10-9+. The van der Waals surface area contributed by atoms with Crippen LogP contribution in [-0.4, -0.2) is 5.78 Å². The first-order valence-electron chi connectivity index (χ1n) is 5.72. The summed E-state index contributed by atoms with van der Waals surface area (Å²) in [5.74, 6) is -0.126. The maximum Gasteiger partial charge on any atom is 0.185 e. The topological polar surface area (TPSA) is 65.8 Å². The zero-order valence-electron chi connectivity index (χ0n) is 10.1. The molecule has 0 aliphatic heterocycles. The van der Waals surface area contributed by atoms with Gasteiger partial charge < -0.3 is 0 Å². The third kappa shape index (κ3) is 3.56. The molecule has 2 aromatic rings. The Balaban J connectivity index is 2.18. The molecule has 0 aromatic heterocycles. The summed E-state index contributed by atoms with van der Waals surface area (Å²) in [4.78, 5) is 14.6. The van der Waals surface area contributed by atoms with E-state index in [-0.39, 0.29) is 5.78 Å². The van der Waals surface area contributed by atoms with E-state index in [1.807, 2.05) is 30.3 Å². The van der Waals surface area contributed by atoms with E-state index in [9.17, 15) is 4.79 Å². The lowest BCUT2D eigenvalue weighted by molar-refractivity contribution is 0.104. The number of carbonyl (C=O) groups is 1. The second-order valence-corrected chi connectivity index (χ2v) is 3.85. The van der Waals surface area contributed by atoms with E-state index >= 15 is 0 Å². The van der Waals surface area contributed by atoms with Crippen molar-refractivity contribution in [2.75, 3.05) is 0 Å². The fourth-order valence-electron chi connectivity index (χ4n) is 1.61. The van der Waals surface area contributed by atoms with Crippen LogP contribution in [0.15, 0.2) is 65.8 Å². The summed E-state index contributed by atoms with van der Waals surface area (Å²) in [7, 11) is 0. The highest BCUT2D eigenvalue weighted by molar-refractivity contribution is 6.07. The normalized spacial score (nSPS) is 10.1. The molecule has 0 fully saturated rings. The van der Waals surface area contributed by atoms with E-state index in [0.717, 1.165) is 5.56 Å². The quantitative estimate of drug-likeness (QED) is 0.258. The minimum Gasteiger partial charge on any atom is -0.289 e. The summed E-state index contributed by atoms with van der Waals surface area (Å²) in [5.41, 5.74) is 10.3. The fourth-order valence-corrected chi connectivity index (χ4v) is 1.61. The largest absolute Gasteiger partial charge is 0.289 e. The van der Waals surface area contributed by atoms with Crippen molar-refractivity contribution in [2.45, 2.75) is 0 Å². The van der Waals surface area contributed by atoms with Gasteiger partial charge in [0.1, 0.15) is 0 Å². The maximum atomic E-state index is 12.0. The molecule has 0 atom stereocenters. The zero-order chi connectivity index (χ0) is 13.5. The van der Waals surface area contributed by atoms with Crippen LogP contribution in [0, 0.1) is 0 Å². The van der Waals surface area contributed by atoms with Gasteiger partial charge in [-0.15, -0.1) is 0 Å². The van der Waals surface area contributed by atoms with Gasteiger partial charge in [0.2, 0.25) is 0 Å². The summed E-state index contributed by atoms with van der Waals surface area (Å²) in [6, 6.07) is 16.2. The predicted octanol–water partition coefficient (Wildman–Crippen LogP) is 4.52. The molecule has 0 spiro atoms. The van der Waals surface area contributed by atoms with Gasteiger partial charge in [-0.2, -0.15) is 0 Å². The molecule has 0 aliphatic carbocycles. The zero-order valence-corrected chi connectivity index (χ0v) is 10.1. The minimum absolute atomic E-state index is 0.126. The predicted molar refractivity (Wildman–Crippen MR) is 75.1 cm³/mol. The van der Waals surface area contributed by atoms with Crippen molar-refractivity contribution in [3.8, 4) is 0 Å². The number of benzene rings is 2. The van der Waals surface area contributed by atoms with Crippen LogP contribution in [0.1, 0.15) is 15.9 Å². The number of carbonyl (C=O) groups excluding carboxylic acids is 1. The van der Waals surface area contributed by atoms with Gasteiger partial charge >= 0.3 is 0 Å². The third-order valence-corrected chi connectivity index (χ3v) is 2.52. The van der Waals surface area contributed by atoms with E-state index in [0.29, 0.717) is 11.3 Å². The van der Waals surface area contributed by atoms with E-state index in [2.05, 4.69) is 10.0 Å². The van der Waals surface area contributed by atoms with Gasteiger partial charge in [0.15, 0.2) is 5.78 Å². The molecule has 0 amide bonds. The molecule has 4 heteroatoms. The number of ketones is 1. The van der Waals surface area contributed by atoms with Crippen LogP contribution in [0.25, 0.3) is 16.5 Å². The van der Waals surface area contributed by atoms with Crippen LogP contribution in [0.3, 0.4) is 0 Å². The minimum atomic E-state index is -0.126. The lowest BCUT2D eigenvalue weighted by Gasteiger charge is -1.97. The molecular formula is C15H11N3O. The molecular weight excluding hydrogens is 238 g/mol. The SMILES string of the molecule is [N-]=[N+]=Nc1cccc(C(=O)/C=C/c2ccccc2)c1. The monoisotopic (exact) mass is 249 g/mol. The van der Waals surface area contributed by atoms with E-state index < -0.39 is 0 Å². The smallest absolute Gasteiger partial charge is 0.185 e. The Morgan fingerprint density at radius 1 is 1.11 bits per heavy atom. The molecule has 0 unspecified atom stereocenters. The van der Waals surface area contributed by atoms with Crippen molar-refractivity contribution >= 4 is 17.5 Å². The van der Waals surface area contributed by atoms with Gasteiger partial charge in [0.05, 0.1) is 0 Å². The van der Waals surface area contributed by atoms with Gasteiger partial charge in [-0.1, -0.05) is 59.7 Å². The molecule has 19 heavy (non-hydrogen) atoms. The molecule has 2 aromatic carbocycles. The van der Waals surface area contributed by atoms with Crippen molar-refractivity contribution in [3.05, 3.63) is 82.2 Å². The van der Waals surface area contributed by atoms with Gasteiger partial charge in [-0.3, -0.25) is 4.79 Å². The number of azide groups is 1. The number of hydrogen-bond donors (Lipinski definition) is 0. The first-order chi connectivity index (χ1) is 9.29. The van der Waals surface area contributed by atoms with Crippen LogP contribution >= 0.6 is 0 Å². The van der Waals surface area contributed by atoms with Crippen LogP contribution in [-0.2, 0) is 0 Å². The Hall–Kier alpha value is -2.84. The molecule has 0 saturated carbocycles. The lowest BCUT2D eigenvalue weighted by Crippen LogP contribution is -1.92. The Morgan fingerprint density at radius 3 is 2.63 bits per heavy atom. The number of allylic oxidation sites excluding steroid dienone is 1. The van der Waals surface area contributed by atoms with Crippen LogP contribution in [0.2, 0.25) is 0 Å². The van der Waals surface area contributed by atoms with Gasteiger partial charge in [-0.25, -0.2) is 0 Å². The molecule has 2 rings (SSSR count). The Bertz CT molecular complexity index is 656. The molecule has 0 N–H and O–H groups in total. The molecule has 0 bridgehead atoms. The number of rotatable bonds is 4. The van der Waals surface area contributed by atoms with Crippen molar-refractivity contribution in [1.82, 2.24) is 0 Å². The molecule has 0 radical (unpaired) electrons. The second-order valence-electron chi connectivity index (χ2n) is 3.85. The average molecular weight is 249 g/mol. The van der Waals surface area contributed by atoms with E-state index in [4.69, 9.17) is 5.53 Å².